The van der Waals surface area contributed by atoms with E-state index in [1.807, 2.05) is 31.2 Å². The maximum absolute atomic E-state index is 12.7. The summed E-state index contributed by atoms with van der Waals surface area (Å²) in [5.74, 6) is -0.201. The summed E-state index contributed by atoms with van der Waals surface area (Å²) in [5.41, 5.74) is 1.96. The van der Waals surface area contributed by atoms with Gasteiger partial charge in [0.2, 0.25) is 0 Å². The molecule has 20 heavy (non-hydrogen) atoms. The molecular weight excluding hydrogens is 277 g/mol. The molecule has 1 aromatic heterocycles. The molecule has 1 unspecified atom stereocenters. The summed E-state index contributed by atoms with van der Waals surface area (Å²) < 4.78 is 28.2. The topological polar surface area (TPSA) is 60.7 Å². The fraction of sp³-hybridized carbons (Fsp3) is 0.286. The van der Waals surface area contributed by atoms with Crippen LogP contribution in [0, 0.1) is 6.92 Å². The minimum absolute atomic E-state index is 0.498. The van der Waals surface area contributed by atoms with Crippen molar-refractivity contribution in [3.05, 3.63) is 54.0 Å². The van der Waals surface area contributed by atoms with Crippen molar-refractivity contribution in [1.82, 2.24) is 0 Å². The quantitative estimate of drug-likeness (QED) is 0.810. The van der Waals surface area contributed by atoms with E-state index in [9.17, 15) is 4.57 Å². The molecule has 0 radical (unpaired) electrons. The van der Waals surface area contributed by atoms with E-state index < -0.39 is 13.4 Å². The van der Waals surface area contributed by atoms with Crippen molar-refractivity contribution in [2.75, 3.05) is 19.5 Å². The molecule has 0 aliphatic rings. The Labute approximate surface area is 118 Å². The summed E-state index contributed by atoms with van der Waals surface area (Å²) >= 11 is 0. The molecule has 1 aromatic carbocycles. The first-order valence-corrected chi connectivity index (χ1v) is 7.78. The Bertz CT molecular complexity index is 572. The highest BCUT2D eigenvalue weighted by molar-refractivity contribution is 7.54. The van der Waals surface area contributed by atoms with E-state index in [0.29, 0.717) is 5.76 Å². The van der Waals surface area contributed by atoms with Crippen molar-refractivity contribution < 1.29 is 18.0 Å². The van der Waals surface area contributed by atoms with Crippen molar-refractivity contribution in [3.8, 4) is 0 Å². The van der Waals surface area contributed by atoms with E-state index >= 15 is 0 Å². The second kappa shape index (κ2) is 6.27. The summed E-state index contributed by atoms with van der Waals surface area (Å²) in [4.78, 5) is 0. The molecule has 5 nitrogen and oxygen atoms in total. The number of rotatable bonds is 6. The summed E-state index contributed by atoms with van der Waals surface area (Å²) in [6.07, 6.45) is 1.52. The molecule has 2 aromatic rings. The van der Waals surface area contributed by atoms with Gasteiger partial charge in [-0.25, -0.2) is 0 Å². The number of furan rings is 1. The van der Waals surface area contributed by atoms with Crippen LogP contribution in [-0.2, 0) is 13.6 Å². The van der Waals surface area contributed by atoms with E-state index in [-0.39, 0.29) is 0 Å². The zero-order chi connectivity index (χ0) is 14.6. The number of hydrogen-bond donors (Lipinski definition) is 1. The van der Waals surface area contributed by atoms with Gasteiger partial charge in [-0.3, -0.25) is 4.57 Å². The summed E-state index contributed by atoms with van der Waals surface area (Å²) in [6.45, 7) is 2.00. The normalized spacial score (nSPS) is 13.2. The molecule has 0 fully saturated rings. The van der Waals surface area contributed by atoms with E-state index in [1.54, 1.807) is 12.1 Å². The predicted molar refractivity (Wildman–Crippen MR) is 77.9 cm³/mol. The van der Waals surface area contributed by atoms with Crippen LogP contribution in [-0.4, -0.2) is 14.2 Å². The van der Waals surface area contributed by atoms with E-state index in [0.717, 1.165) is 11.3 Å². The van der Waals surface area contributed by atoms with Crippen LogP contribution in [0.2, 0.25) is 0 Å². The third kappa shape index (κ3) is 3.12. The summed E-state index contributed by atoms with van der Waals surface area (Å²) in [7, 11) is -0.646. The van der Waals surface area contributed by atoms with E-state index in [2.05, 4.69) is 5.32 Å². The van der Waals surface area contributed by atoms with Gasteiger partial charge < -0.3 is 18.8 Å². The molecule has 0 saturated carbocycles. The molecule has 0 spiro atoms. The van der Waals surface area contributed by atoms with Crippen LogP contribution in [0.3, 0.4) is 0 Å². The van der Waals surface area contributed by atoms with Crippen LogP contribution in [0.5, 0.6) is 0 Å². The van der Waals surface area contributed by atoms with Crippen molar-refractivity contribution in [3.63, 3.8) is 0 Å². The third-order valence-electron chi connectivity index (χ3n) is 2.99. The lowest BCUT2D eigenvalue weighted by Gasteiger charge is -2.24. The zero-order valence-electron chi connectivity index (χ0n) is 11.7. The maximum Gasteiger partial charge on any atom is 0.359 e. The van der Waals surface area contributed by atoms with Gasteiger partial charge in [-0.15, -0.1) is 0 Å². The Morgan fingerprint density at radius 1 is 1.15 bits per heavy atom. The lowest BCUT2D eigenvalue weighted by atomic mass is 10.2. The molecular formula is C14H18NO4P. The lowest BCUT2D eigenvalue weighted by Crippen LogP contribution is -2.13. The number of nitrogens with one attached hydrogen (secondary N) is 1. The molecule has 0 aliphatic carbocycles. The molecule has 0 bridgehead atoms. The number of hydrogen-bond acceptors (Lipinski definition) is 5. The highest BCUT2D eigenvalue weighted by Crippen LogP contribution is 2.59. The van der Waals surface area contributed by atoms with Gasteiger partial charge in [0.15, 0.2) is 5.78 Å². The van der Waals surface area contributed by atoms with Crippen molar-refractivity contribution in [1.29, 1.82) is 0 Å². The molecule has 1 heterocycles. The highest BCUT2D eigenvalue weighted by atomic mass is 31.2. The summed E-state index contributed by atoms with van der Waals surface area (Å²) in [5, 5.41) is 3.14. The fourth-order valence-electron chi connectivity index (χ4n) is 1.85. The van der Waals surface area contributed by atoms with Crippen LogP contribution in [0.15, 0.2) is 47.1 Å². The van der Waals surface area contributed by atoms with E-state index in [1.165, 1.54) is 20.5 Å². The average Bonchev–Trinajstić information content (AvgIpc) is 2.99. The molecule has 0 amide bonds. The Balaban J connectivity index is 2.33. The monoisotopic (exact) mass is 295 g/mol. The Kier molecular flexibility index (Phi) is 4.65. The first kappa shape index (κ1) is 14.9. The van der Waals surface area contributed by atoms with Crippen LogP contribution in [0.1, 0.15) is 17.1 Å². The zero-order valence-corrected chi connectivity index (χ0v) is 12.6. The van der Waals surface area contributed by atoms with Crippen LogP contribution in [0.25, 0.3) is 0 Å². The lowest BCUT2D eigenvalue weighted by molar-refractivity contribution is 0.264. The minimum atomic E-state index is -3.36. The van der Waals surface area contributed by atoms with Gasteiger partial charge in [0, 0.05) is 19.9 Å². The predicted octanol–water partition coefficient (Wildman–Crippen LogP) is 4.18. The highest BCUT2D eigenvalue weighted by Gasteiger charge is 2.37. The first-order chi connectivity index (χ1) is 9.59. The number of benzene rings is 1. The SMILES string of the molecule is COP(=O)(OC)C(Nc1ccc(C)cc1)c1ccco1. The second-order valence-electron chi connectivity index (χ2n) is 4.33. The summed E-state index contributed by atoms with van der Waals surface area (Å²) in [6, 6.07) is 11.2. The smallest absolute Gasteiger partial charge is 0.359 e. The van der Waals surface area contributed by atoms with Crippen LogP contribution >= 0.6 is 7.60 Å². The number of aryl methyl sites for hydroxylation is 1. The van der Waals surface area contributed by atoms with Gasteiger partial charge in [0.25, 0.3) is 0 Å². The second-order valence-corrected chi connectivity index (χ2v) is 6.66. The standard InChI is InChI=1S/C14H18NO4P/c1-11-6-8-12(9-7-11)15-14(13-5-4-10-19-13)20(16,17-2)18-3/h4-10,14-15H,1-3H3. The van der Waals surface area contributed by atoms with Gasteiger partial charge in [-0.1, -0.05) is 17.7 Å². The molecule has 0 saturated heterocycles. The van der Waals surface area contributed by atoms with Crippen molar-refractivity contribution in [2.24, 2.45) is 0 Å². The van der Waals surface area contributed by atoms with E-state index in [4.69, 9.17) is 13.5 Å². The van der Waals surface area contributed by atoms with Crippen LogP contribution < -0.4 is 5.32 Å². The van der Waals surface area contributed by atoms with Gasteiger partial charge in [-0.05, 0) is 31.2 Å². The molecule has 1 atom stereocenters. The van der Waals surface area contributed by atoms with Crippen LogP contribution in [0.4, 0.5) is 5.69 Å². The number of anilines is 1. The Hall–Kier alpha value is -1.55. The largest absolute Gasteiger partial charge is 0.466 e. The molecule has 0 aliphatic heterocycles. The first-order valence-electron chi connectivity index (χ1n) is 6.17. The van der Waals surface area contributed by atoms with Crippen molar-refractivity contribution >= 4 is 13.3 Å². The van der Waals surface area contributed by atoms with Gasteiger partial charge in [0.05, 0.1) is 6.26 Å². The Morgan fingerprint density at radius 2 is 1.80 bits per heavy atom. The average molecular weight is 295 g/mol. The fourth-order valence-corrected chi connectivity index (χ4v) is 3.18. The molecule has 108 valence electrons. The minimum Gasteiger partial charge on any atom is -0.466 e. The third-order valence-corrected chi connectivity index (χ3v) is 5.03. The van der Waals surface area contributed by atoms with Crippen molar-refractivity contribution in [2.45, 2.75) is 12.7 Å². The Morgan fingerprint density at radius 3 is 2.30 bits per heavy atom. The van der Waals surface area contributed by atoms with Gasteiger partial charge >= 0.3 is 7.60 Å². The molecule has 1 N–H and O–H groups in total. The van der Waals surface area contributed by atoms with Gasteiger partial charge in [-0.2, -0.15) is 0 Å². The molecule has 6 heteroatoms. The maximum atomic E-state index is 12.7. The molecule has 2 rings (SSSR count). The van der Waals surface area contributed by atoms with Gasteiger partial charge in [0.1, 0.15) is 5.76 Å².